The summed E-state index contributed by atoms with van der Waals surface area (Å²) in [6, 6.07) is 13.2. The molecule has 0 amide bonds. The molecule has 0 spiro atoms. The average molecular weight is 266 g/mol. The predicted molar refractivity (Wildman–Crippen MR) is 74.3 cm³/mol. The Labute approximate surface area is 113 Å². The van der Waals surface area contributed by atoms with Crippen LogP contribution in [0.15, 0.2) is 59.7 Å². The van der Waals surface area contributed by atoms with Crippen LogP contribution in [0.1, 0.15) is 10.4 Å². The molecule has 1 N–H and O–H groups in total. The van der Waals surface area contributed by atoms with E-state index < -0.39 is 5.97 Å². The SMILES string of the molecule is O=C(O)c1ccc(-n2cnc3ccccc3c2=O)cc1. The highest BCUT2D eigenvalue weighted by atomic mass is 16.4. The van der Waals surface area contributed by atoms with E-state index in [9.17, 15) is 9.59 Å². The van der Waals surface area contributed by atoms with Crippen LogP contribution in [0.25, 0.3) is 16.6 Å². The van der Waals surface area contributed by atoms with Crippen LogP contribution in [0.4, 0.5) is 0 Å². The number of aromatic nitrogens is 2. The summed E-state index contributed by atoms with van der Waals surface area (Å²) in [5.74, 6) is -1.000. The molecule has 5 heteroatoms. The number of benzene rings is 2. The highest BCUT2D eigenvalue weighted by molar-refractivity contribution is 5.87. The van der Waals surface area contributed by atoms with Crippen LogP contribution in [-0.2, 0) is 0 Å². The van der Waals surface area contributed by atoms with Crippen molar-refractivity contribution in [3.05, 3.63) is 70.8 Å². The molecule has 1 heterocycles. The third-order valence-electron chi connectivity index (χ3n) is 3.06. The van der Waals surface area contributed by atoms with Gasteiger partial charge in [0.2, 0.25) is 0 Å². The van der Waals surface area contributed by atoms with Crippen LogP contribution in [0.3, 0.4) is 0 Å². The van der Waals surface area contributed by atoms with E-state index in [2.05, 4.69) is 4.98 Å². The van der Waals surface area contributed by atoms with Crippen molar-refractivity contribution in [3.63, 3.8) is 0 Å². The molecule has 0 saturated carbocycles. The number of carbonyl (C=O) groups is 1. The van der Waals surface area contributed by atoms with Crippen molar-refractivity contribution < 1.29 is 9.90 Å². The Bertz CT molecular complexity index is 851. The van der Waals surface area contributed by atoms with Crippen LogP contribution >= 0.6 is 0 Å². The first-order chi connectivity index (χ1) is 9.66. The average Bonchev–Trinajstić information content (AvgIpc) is 2.48. The lowest BCUT2D eigenvalue weighted by molar-refractivity contribution is 0.0697. The second-order valence-corrected chi connectivity index (χ2v) is 4.29. The van der Waals surface area contributed by atoms with Crippen molar-refractivity contribution in [1.29, 1.82) is 0 Å². The summed E-state index contributed by atoms with van der Waals surface area (Å²) < 4.78 is 1.40. The van der Waals surface area contributed by atoms with Gasteiger partial charge in [0.1, 0.15) is 6.33 Å². The molecular formula is C15H10N2O3. The van der Waals surface area contributed by atoms with Gasteiger partial charge in [-0.1, -0.05) is 12.1 Å². The summed E-state index contributed by atoms with van der Waals surface area (Å²) in [4.78, 5) is 27.4. The van der Waals surface area contributed by atoms with Gasteiger partial charge in [0.05, 0.1) is 22.2 Å². The van der Waals surface area contributed by atoms with Gasteiger partial charge >= 0.3 is 5.97 Å². The van der Waals surface area contributed by atoms with Crippen molar-refractivity contribution in [2.24, 2.45) is 0 Å². The Hall–Kier alpha value is -2.95. The highest BCUT2D eigenvalue weighted by Gasteiger charge is 2.06. The molecule has 1 aromatic heterocycles. The zero-order valence-electron chi connectivity index (χ0n) is 10.4. The number of carboxylic acids is 1. The Morgan fingerprint density at radius 3 is 2.45 bits per heavy atom. The van der Waals surface area contributed by atoms with Crippen LogP contribution in [0.5, 0.6) is 0 Å². The zero-order chi connectivity index (χ0) is 14.1. The number of para-hydroxylation sites is 1. The predicted octanol–water partition coefficient (Wildman–Crippen LogP) is 2.08. The second kappa shape index (κ2) is 4.62. The molecule has 0 radical (unpaired) electrons. The molecule has 0 fully saturated rings. The number of carboxylic acid groups (broad SMARTS) is 1. The molecular weight excluding hydrogens is 256 g/mol. The van der Waals surface area contributed by atoms with E-state index in [4.69, 9.17) is 5.11 Å². The lowest BCUT2D eigenvalue weighted by Gasteiger charge is -2.06. The molecule has 0 aliphatic rings. The van der Waals surface area contributed by atoms with Gasteiger partial charge < -0.3 is 5.11 Å². The van der Waals surface area contributed by atoms with E-state index in [0.717, 1.165) is 0 Å². The summed E-state index contributed by atoms with van der Waals surface area (Å²) in [6.45, 7) is 0. The topological polar surface area (TPSA) is 72.2 Å². The first-order valence-electron chi connectivity index (χ1n) is 5.97. The number of hydrogen-bond donors (Lipinski definition) is 1. The third-order valence-corrected chi connectivity index (χ3v) is 3.06. The first-order valence-corrected chi connectivity index (χ1v) is 5.97. The molecule has 3 aromatic rings. The van der Waals surface area contributed by atoms with Gasteiger partial charge in [-0.25, -0.2) is 9.78 Å². The van der Waals surface area contributed by atoms with Gasteiger partial charge in [-0.15, -0.1) is 0 Å². The Kier molecular flexibility index (Phi) is 2.80. The molecule has 0 atom stereocenters. The van der Waals surface area contributed by atoms with Gasteiger partial charge in [-0.3, -0.25) is 9.36 Å². The quantitative estimate of drug-likeness (QED) is 0.770. The summed E-state index contributed by atoms with van der Waals surface area (Å²) in [5, 5.41) is 9.39. The standard InChI is InChI=1S/C15H10N2O3/c18-14-12-3-1-2-4-13(12)16-9-17(14)11-7-5-10(6-8-11)15(19)20/h1-9H,(H,19,20). The van der Waals surface area contributed by atoms with Crippen molar-refractivity contribution in [2.75, 3.05) is 0 Å². The van der Waals surface area contributed by atoms with Crippen LogP contribution in [0.2, 0.25) is 0 Å². The molecule has 3 rings (SSSR count). The van der Waals surface area contributed by atoms with Crippen molar-refractivity contribution in [1.82, 2.24) is 9.55 Å². The maximum atomic E-state index is 12.4. The van der Waals surface area contributed by atoms with Gasteiger partial charge in [0.15, 0.2) is 0 Å². The van der Waals surface area contributed by atoms with E-state index in [1.54, 1.807) is 30.3 Å². The van der Waals surface area contributed by atoms with Crippen LogP contribution < -0.4 is 5.56 Å². The first kappa shape index (κ1) is 12.1. The fraction of sp³-hybridized carbons (Fsp3) is 0. The maximum absolute atomic E-state index is 12.4. The Morgan fingerprint density at radius 2 is 1.75 bits per heavy atom. The van der Waals surface area contributed by atoms with E-state index in [-0.39, 0.29) is 11.1 Å². The molecule has 0 unspecified atom stereocenters. The lowest BCUT2D eigenvalue weighted by Crippen LogP contribution is -2.18. The van der Waals surface area contributed by atoms with E-state index in [0.29, 0.717) is 16.6 Å². The van der Waals surface area contributed by atoms with Crippen molar-refractivity contribution >= 4 is 16.9 Å². The lowest BCUT2D eigenvalue weighted by atomic mass is 10.2. The number of fused-ring (bicyclic) bond motifs is 1. The molecule has 2 aromatic carbocycles. The minimum atomic E-state index is -1.000. The van der Waals surface area contributed by atoms with Crippen LogP contribution in [-0.4, -0.2) is 20.6 Å². The zero-order valence-corrected chi connectivity index (χ0v) is 10.4. The fourth-order valence-corrected chi connectivity index (χ4v) is 2.02. The summed E-state index contributed by atoms with van der Waals surface area (Å²) in [6.07, 6.45) is 1.44. The summed E-state index contributed by atoms with van der Waals surface area (Å²) in [5.41, 5.74) is 1.21. The van der Waals surface area contributed by atoms with E-state index in [1.807, 2.05) is 6.07 Å². The molecule has 98 valence electrons. The molecule has 0 aliphatic carbocycles. The molecule has 20 heavy (non-hydrogen) atoms. The number of nitrogens with zero attached hydrogens (tertiary/aromatic N) is 2. The van der Waals surface area contributed by atoms with Gasteiger partial charge in [0.25, 0.3) is 5.56 Å². The molecule has 0 bridgehead atoms. The minimum absolute atomic E-state index is 0.176. The summed E-state index contributed by atoms with van der Waals surface area (Å²) in [7, 11) is 0. The van der Waals surface area contributed by atoms with Crippen molar-refractivity contribution in [2.45, 2.75) is 0 Å². The third kappa shape index (κ3) is 1.95. The second-order valence-electron chi connectivity index (χ2n) is 4.29. The van der Waals surface area contributed by atoms with Gasteiger partial charge in [-0.2, -0.15) is 0 Å². The Balaban J connectivity index is 2.17. The smallest absolute Gasteiger partial charge is 0.335 e. The highest BCUT2D eigenvalue weighted by Crippen LogP contribution is 2.10. The molecule has 5 nitrogen and oxygen atoms in total. The maximum Gasteiger partial charge on any atom is 0.335 e. The largest absolute Gasteiger partial charge is 0.478 e. The number of aromatic carboxylic acids is 1. The van der Waals surface area contributed by atoms with Crippen molar-refractivity contribution in [3.8, 4) is 5.69 Å². The fourth-order valence-electron chi connectivity index (χ4n) is 2.02. The normalized spacial score (nSPS) is 10.6. The van der Waals surface area contributed by atoms with E-state index in [1.165, 1.54) is 23.0 Å². The molecule has 0 aliphatic heterocycles. The number of rotatable bonds is 2. The monoisotopic (exact) mass is 266 g/mol. The Morgan fingerprint density at radius 1 is 1.05 bits per heavy atom. The summed E-state index contributed by atoms with van der Waals surface area (Å²) >= 11 is 0. The van der Waals surface area contributed by atoms with E-state index >= 15 is 0 Å². The van der Waals surface area contributed by atoms with Crippen LogP contribution in [0, 0.1) is 0 Å². The molecule has 0 saturated heterocycles. The minimum Gasteiger partial charge on any atom is -0.478 e. The number of hydrogen-bond acceptors (Lipinski definition) is 3. The van der Waals surface area contributed by atoms with Gasteiger partial charge in [0, 0.05) is 0 Å². The van der Waals surface area contributed by atoms with Gasteiger partial charge in [-0.05, 0) is 36.4 Å².